The van der Waals surface area contributed by atoms with Crippen molar-refractivity contribution in [2.75, 3.05) is 29.7 Å². The van der Waals surface area contributed by atoms with Gasteiger partial charge in [-0.1, -0.05) is 0 Å². The molecule has 2 aromatic rings. The molecule has 4 N–H and O–H groups in total. The van der Waals surface area contributed by atoms with Gasteiger partial charge in [0.2, 0.25) is 5.95 Å². The van der Waals surface area contributed by atoms with Gasteiger partial charge in [-0.15, -0.1) is 0 Å². The molecule has 0 radical (unpaired) electrons. The lowest BCUT2D eigenvalue weighted by Gasteiger charge is -2.14. The molecule has 0 atom stereocenters. The van der Waals surface area contributed by atoms with Gasteiger partial charge in [0.25, 0.3) is 0 Å². The van der Waals surface area contributed by atoms with Crippen LogP contribution in [0.3, 0.4) is 0 Å². The van der Waals surface area contributed by atoms with Crippen molar-refractivity contribution < 1.29 is 0 Å². The van der Waals surface area contributed by atoms with Gasteiger partial charge in [0, 0.05) is 37.2 Å². The van der Waals surface area contributed by atoms with Gasteiger partial charge in [-0.3, -0.25) is 5.43 Å². The third-order valence-electron chi connectivity index (χ3n) is 2.75. The Bertz CT molecular complexity index is 550. The Morgan fingerprint density at radius 1 is 1.16 bits per heavy atom. The van der Waals surface area contributed by atoms with E-state index >= 15 is 0 Å². The molecule has 0 fully saturated rings. The van der Waals surface area contributed by atoms with Crippen molar-refractivity contribution in [3.8, 4) is 0 Å². The molecule has 1 aromatic carbocycles. The molecule has 0 amide bonds. The smallest absolute Gasteiger partial charge is 0.239 e. The van der Waals surface area contributed by atoms with E-state index in [-0.39, 0.29) is 0 Å². The Morgan fingerprint density at radius 2 is 1.84 bits per heavy atom. The zero-order chi connectivity index (χ0) is 13.8. The van der Waals surface area contributed by atoms with Crippen LogP contribution in [0.25, 0.3) is 0 Å². The second kappa shape index (κ2) is 5.53. The van der Waals surface area contributed by atoms with E-state index < -0.39 is 0 Å². The van der Waals surface area contributed by atoms with Crippen molar-refractivity contribution in [3.05, 3.63) is 36.0 Å². The summed E-state index contributed by atoms with van der Waals surface area (Å²) in [4.78, 5) is 10.4. The lowest BCUT2D eigenvalue weighted by atomic mass is 10.2. The van der Waals surface area contributed by atoms with Crippen LogP contribution in [0.5, 0.6) is 0 Å². The number of nitrogens with zero attached hydrogens (tertiary/aromatic N) is 3. The highest BCUT2D eigenvalue weighted by Crippen LogP contribution is 2.21. The van der Waals surface area contributed by atoms with Gasteiger partial charge in [-0.25, -0.2) is 10.8 Å². The molecule has 0 aliphatic rings. The minimum Gasteiger partial charge on any atom is -0.378 e. The van der Waals surface area contributed by atoms with Crippen molar-refractivity contribution in [2.45, 2.75) is 6.92 Å². The molecule has 0 saturated carbocycles. The van der Waals surface area contributed by atoms with E-state index in [1.54, 1.807) is 6.20 Å². The molecule has 0 saturated heterocycles. The molecule has 6 nitrogen and oxygen atoms in total. The van der Waals surface area contributed by atoms with Crippen LogP contribution >= 0.6 is 0 Å². The predicted octanol–water partition coefficient (Wildman–Crippen LogP) is 1.88. The monoisotopic (exact) mass is 258 g/mol. The summed E-state index contributed by atoms with van der Waals surface area (Å²) in [5.74, 6) is 6.43. The Morgan fingerprint density at radius 3 is 2.42 bits per heavy atom. The van der Waals surface area contributed by atoms with Crippen molar-refractivity contribution in [1.29, 1.82) is 0 Å². The Balaban J connectivity index is 2.20. The van der Waals surface area contributed by atoms with Crippen molar-refractivity contribution in [1.82, 2.24) is 9.97 Å². The number of rotatable bonds is 4. The molecular formula is C13H18N6. The third-order valence-corrected chi connectivity index (χ3v) is 2.75. The van der Waals surface area contributed by atoms with Crippen molar-refractivity contribution in [2.24, 2.45) is 5.84 Å². The second-order valence-corrected chi connectivity index (χ2v) is 4.44. The summed E-state index contributed by atoms with van der Waals surface area (Å²) in [6.07, 6.45) is 1.72. The van der Waals surface area contributed by atoms with Crippen LogP contribution in [-0.4, -0.2) is 24.1 Å². The van der Waals surface area contributed by atoms with E-state index in [4.69, 9.17) is 5.84 Å². The third kappa shape index (κ3) is 3.11. The van der Waals surface area contributed by atoms with E-state index in [0.717, 1.165) is 22.8 Å². The van der Waals surface area contributed by atoms with E-state index in [0.29, 0.717) is 5.95 Å². The molecule has 0 unspecified atom stereocenters. The topological polar surface area (TPSA) is 79.1 Å². The number of aryl methyl sites for hydroxylation is 1. The van der Waals surface area contributed by atoms with Crippen LogP contribution in [0.2, 0.25) is 0 Å². The van der Waals surface area contributed by atoms with Gasteiger partial charge < -0.3 is 10.2 Å². The molecule has 0 aliphatic carbocycles. The largest absolute Gasteiger partial charge is 0.378 e. The predicted molar refractivity (Wildman–Crippen MR) is 78.6 cm³/mol. The number of aromatic nitrogens is 2. The van der Waals surface area contributed by atoms with Crippen LogP contribution < -0.4 is 21.5 Å². The fraction of sp³-hybridized carbons (Fsp3) is 0.231. The average Bonchev–Trinajstić information content (AvgIpc) is 2.42. The highest BCUT2D eigenvalue weighted by Gasteiger charge is 2.04. The van der Waals surface area contributed by atoms with Gasteiger partial charge >= 0.3 is 0 Å². The number of hydrazine groups is 1. The van der Waals surface area contributed by atoms with Gasteiger partial charge in [-0.05, 0) is 31.2 Å². The summed E-state index contributed by atoms with van der Waals surface area (Å²) in [5, 5.41) is 3.25. The fourth-order valence-corrected chi connectivity index (χ4v) is 1.62. The standard InChI is InChI=1S/C13H18N6/c1-9-8-15-13(18-14)17-12(9)16-10-4-6-11(7-5-10)19(2)3/h4-8H,14H2,1-3H3,(H2,15,16,17,18). The molecule has 1 heterocycles. The normalized spacial score (nSPS) is 10.1. The summed E-state index contributed by atoms with van der Waals surface area (Å²) < 4.78 is 0. The molecule has 0 aliphatic heterocycles. The summed E-state index contributed by atoms with van der Waals surface area (Å²) >= 11 is 0. The maximum Gasteiger partial charge on any atom is 0.239 e. The number of nitrogen functional groups attached to an aromatic ring is 1. The van der Waals surface area contributed by atoms with E-state index in [1.165, 1.54) is 0 Å². The zero-order valence-corrected chi connectivity index (χ0v) is 11.3. The minimum absolute atomic E-state index is 0.387. The molecule has 1 aromatic heterocycles. The molecule has 0 spiro atoms. The Hall–Kier alpha value is -2.34. The van der Waals surface area contributed by atoms with Crippen molar-refractivity contribution >= 4 is 23.1 Å². The van der Waals surface area contributed by atoms with Crippen LogP contribution in [0.1, 0.15) is 5.56 Å². The number of hydrogen-bond donors (Lipinski definition) is 3. The summed E-state index contributed by atoms with van der Waals surface area (Å²) in [5.41, 5.74) is 5.51. The fourth-order valence-electron chi connectivity index (χ4n) is 1.62. The maximum atomic E-state index is 5.31. The molecule has 0 bridgehead atoms. The van der Waals surface area contributed by atoms with Crippen molar-refractivity contribution in [3.63, 3.8) is 0 Å². The first-order valence-electron chi connectivity index (χ1n) is 5.95. The Kier molecular flexibility index (Phi) is 3.82. The second-order valence-electron chi connectivity index (χ2n) is 4.44. The van der Waals surface area contributed by atoms with Gasteiger partial charge in [0.15, 0.2) is 0 Å². The average molecular weight is 258 g/mol. The highest BCUT2D eigenvalue weighted by atomic mass is 15.3. The van der Waals surface area contributed by atoms with Gasteiger partial charge in [-0.2, -0.15) is 4.98 Å². The number of benzene rings is 1. The van der Waals surface area contributed by atoms with E-state index in [1.807, 2.05) is 45.3 Å². The summed E-state index contributed by atoms with van der Waals surface area (Å²) in [7, 11) is 4.02. The van der Waals surface area contributed by atoms with Crippen LogP contribution in [-0.2, 0) is 0 Å². The summed E-state index contributed by atoms with van der Waals surface area (Å²) in [6, 6.07) is 8.10. The molecular weight excluding hydrogens is 240 g/mol. The lowest BCUT2D eigenvalue weighted by Crippen LogP contribution is -2.11. The first kappa shape index (κ1) is 13.1. The van der Waals surface area contributed by atoms with Crippen LogP contribution in [0.4, 0.5) is 23.1 Å². The van der Waals surface area contributed by atoms with E-state index in [9.17, 15) is 0 Å². The van der Waals surface area contributed by atoms with Crippen LogP contribution in [0.15, 0.2) is 30.5 Å². The van der Waals surface area contributed by atoms with Gasteiger partial charge in [0.1, 0.15) is 5.82 Å². The quantitative estimate of drug-likeness (QED) is 0.574. The highest BCUT2D eigenvalue weighted by molar-refractivity contribution is 5.62. The number of nitrogens with one attached hydrogen (secondary N) is 2. The Labute approximate surface area is 112 Å². The number of hydrogen-bond acceptors (Lipinski definition) is 6. The van der Waals surface area contributed by atoms with Gasteiger partial charge in [0.05, 0.1) is 0 Å². The first-order valence-corrected chi connectivity index (χ1v) is 5.95. The van der Waals surface area contributed by atoms with Crippen LogP contribution in [0, 0.1) is 6.92 Å². The minimum atomic E-state index is 0.387. The number of anilines is 4. The number of nitrogens with two attached hydrogens (primary N) is 1. The maximum absolute atomic E-state index is 5.31. The molecule has 19 heavy (non-hydrogen) atoms. The molecule has 6 heteroatoms. The zero-order valence-electron chi connectivity index (χ0n) is 11.3. The summed E-state index contributed by atoms with van der Waals surface area (Å²) in [6.45, 7) is 1.94. The van der Waals surface area contributed by atoms with E-state index in [2.05, 4.69) is 25.6 Å². The molecule has 2 rings (SSSR count). The first-order chi connectivity index (χ1) is 9.10. The lowest BCUT2D eigenvalue weighted by molar-refractivity contribution is 1.09. The SMILES string of the molecule is Cc1cnc(NN)nc1Nc1ccc(N(C)C)cc1. The molecule has 100 valence electrons.